The molecule has 0 unspecified atom stereocenters. The van der Waals surface area contributed by atoms with Gasteiger partial charge in [-0.1, -0.05) is 11.8 Å². The van der Waals surface area contributed by atoms with Crippen LogP contribution in [0.15, 0.2) is 52.5 Å². The zero-order valence-electron chi connectivity index (χ0n) is 16.2. The Kier molecular flexibility index (Phi) is 5.85. The molecule has 4 aromatic rings. The fraction of sp³-hybridized carbons (Fsp3) is 0.158. The number of anilines is 1. The number of thioether (sulfide) groups is 1. The highest BCUT2D eigenvalue weighted by atomic mass is 32.2. The predicted octanol–water partition coefficient (Wildman–Crippen LogP) is 2.67. The number of halogens is 1. The van der Waals surface area contributed by atoms with Crippen LogP contribution in [0.25, 0.3) is 22.1 Å². The molecule has 0 aliphatic rings. The molecule has 31 heavy (non-hydrogen) atoms. The van der Waals surface area contributed by atoms with Gasteiger partial charge in [0, 0.05) is 35.8 Å². The van der Waals surface area contributed by atoms with Crippen molar-refractivity contribution in [2.24, 2.45) is 0 Å². The number of aromatic nitrogens is 4. The third-order valence-corrected chi connectivity index (χ3v) is 6.58. The Morgan fingerprint density at radius 3 is 2.68 bits per heavy atom. The van der Waals surface area contributed by atoms with E-state index in [2.05, 4.69) is 30.2 Å². The molecule has 9 nitrogen and oxygen atoms in total. The zero-order chi connectivity index (χ0) is 22.0. The molecule has 3 N–H and O–H groups in total. The van der Waals surface area contributed by atoms with E-state index in [9.17, 15) is 17.6 Å². The molecule has 2 aromatic heterocycles. The summed E-state index contributed by atoms with van der Waals surface area (Å²) in [7, 11) is -3.69. The molecule has 0 spiro atoms. The molecule has 1 amide bonds. The molecule has 0 saturated heterocycles. The molecular formula is C19H17FN6O3S2. The maximum atomic E-state index is 13.5. The summed E-state index contributed by atoms with van der Waals surface area (Å²) in [6.07, 6.45) is 0. The number of carbonyl (C=O) groups excluding carboxylic acids is 1. The maximum Gasteiger partial charge on any atom is 0.240 e. The van der Waals surface area contributed by atoms with Crippen LogP contribution in [0.3, 0.4) is 0 Å². The molecule has 0 radical (unpaired) electrons. The van der Waals surface area contributed by atoms with Crippen LogP contribution in [-0.2, 0) is 14.8 Å². The summed E-state index contributed by atoms with van der Waals surface area (Å²) < 4.78 is 40.7. The second-order valence-electron chi connectivity index (χ2n) is 6.56. The third-order valence-electron chi connectivity index (χ3n) is 4.27. The maximum absolute atomic E-state index is 13.5. The van der Waals surface area contributed by atoms with Gasteiger partial charge in [0.05, 0.1) is 4.90 Å². The lowest BCUT2D eigenvalue weighted by molar-refractivity contribution is -0.114. The van der Waals surface area contributed by atoms with Crippen LogP contribution in [0, 0.1) is 5.82 Å². The summed E-state index contributed by atoms with van der Waals surface area (Å²) in [6.45, 7) is 1.53. The minimum atomic E-state index is -3.69. The molecule has 160 valence electrons. The topological polar surface area (TPSA) is 130 Å². The Morgan fingerprint density at radius 1 is 1.16 bits per heavy atom. The Hall–Kier alpha value is -3.09. The number of hydrogen-bond acceptors (Lipinski definition) is 7. The van der Waals surface area contributed by atoms with Crippen LogP contribution < -0.4 is 10.0 Å². The predicted molar refractivity (Wildman–Crippen MR) is 116 cm³/mol. The lowest BCUT2D eigenvalue weighted by atomic mass is 10.2. The van der Waals surface area contributed by atoms with Gasteiger partial charge in [0.15, 0.2) is 5.65 Å². The molecule has 2 aromatic carbocycles. The van der Waals surface area contributed by atoms with Crippen molar-refractivity contribution in [2.45, 2.75) is 17.0 Å². The molecule has 4 rings (SSSR count). The van der Waals surface area contributed by atoms with E-state index in [1.807, 2.05) is 0 Å². The van der Waals surface area contributed by atoms with Gasteiger partial charge in [-0.15, -0.1) is 10.2 Å². The number of fused-ring (bicyclic) bond motifs is 3. The minimum Gasteiger partial charge on any atom is -0.338 e. The van der Waals surface area contributed by atoms with Crippen molar-refractivity contribution < 1.29 is 17.6 Å². The van der Waals surface area contributed by atoms with Gasteiger partial charge >= 0.3 is 0 Å². The van der Waals surface area contributed by atoms with Crippen LogP contribution in [0.2, 0.25) is 0 Å². The van der Waals surface area contributed by atoms with Crippen molar-refractivity contribution in [3.8, 4) is 0 Å². The monoisotopic (exact) mass is 460 g/mol. The fourth-order valence-electron chi connectivity index (χ4n) is 2.91. The van der Waals surface area contributed by atoms with Crippen molar-refractivity contribution >= 4 is 55.4 Å². The molecular weight excluding hydrogens is 443 g/mol. The number of amides is 1. The normalized spacial score (nSPS) is 11.8. The number of benzene rings is 2. The van der Waals surface area contributed by atoms with Crippen LogP contribution in [0.5, 0.6) is 0 Å². The molecule has 0 saturated carbocycles. The number of carbonyl (C=O) groups is 1. The van der Waals surface area contributed by atoms with E-state index in [1.165, 1.54) is 55.1 Å². The molecule has 0 aliphatic carbocycles. The summed E-state index contributed by atoms with van der Waals surface area (Å²) >= 11 is 1.24. The lowest BCUT2D eigenvalue weighted by Gasteiger charge is -2.07. The van der Waals surface area contributed by atoms with Gasteiger partial charge in [0.25, 0.3) is 0 Å². The second-order valence-corrected chi connectivity index (χ2v) is 9.39. The van der Waals surface area contributed by atoms with Gasteiger partial charge in [0.2, 0.25) is 21.1 Å². The average Bonchev–Trinajstić information content (AvgIpc) is 3.08. The Bertz CT molecular complexity index is 1370. The molecule has 0 atom stereocenters. The minimum absolute atomic E-state index is 0.0937. The summed E-state index contributed by atoms with van der Waals surface area (Å²) in [5, 5.41) is 11.7. The first-order valence-corrected chi connectivity index (χ1v) is 11.6. The highest BCUT2D eigenvalue weighted by molar-refractivity contribution is 7.99. The largest absolute Gasteiger partial charge is 0.338 e. The Balaban J connectivity index is 1.37. The number of nitrogens with zero attached hydrogens (tertiary/aromatic N) is 3. The van der Waals surface area contributed by atoms with E-state index in [0.29, 0.717) is 38.7 Å². The Labute approximate surface area is 180 Å². The number of rotatable bonds is 7. The van der Waals surface area contributed by atoms with Gasteiger partial charge in [0.1, 0.15) is 11.3 Å². The summed E-state index contributed by atoms with van der Waals surface area (Å²) in [5.41, 5.74) is 2.18. The molecule has 0 bridgehead atoms. The zero-order valence-corrected chi connectivity index (χ0v) is 17.8. The first kappa shape index (κ1) is 21.2. The van der Waals surface area contributed by atoms with Gasteiger partial charge < -0.3 is 10.3 Å². The van der Waals surface area contributed by atoms with Crippen molar-refractivity contribution in [2.75, 3.05) is 17.6 Å². The van der Waals surface area contributed by atoms with Crippen molar-refractivity contribution in [1.82, 2.24) is 24.9 Å². The quantitative estimate of drug-likeness (QED) is 0.286. The SMILES string of the molecule is CC(=O)Nc1ccc(S(=O)(=O)NCCSc2nnc3c(n2)[nH]c2ccc(F)cc23)cc1. The molecule has 12 heteroatoms. The fourth-order valence-corrected chi connectivity index (χ4v) is 4.71. The molecule has 0 fully saturated rings. The standard InChI is InChI=1S/C19H17FN6O3S2/c1-11(27)22-13-3-5-14(6-4-13)31(28,29)21-8-9-30-19-24-18-17(25-26-19)15-10-12(20)2-7-16(15)23-18/h2-7,10,21H,8-9H2,1H3,(H,22,27)(H,23,24,26). The van der Waals surface area contributed by atoms with E-state index in [-0.39, 0.29) is 23.2 Å². The number of aromatic amines is 1. The average molecular weight is 461 g/mol. The second kappa shape index (κ2) is 8.57. The van der Waals surface area contributed by atoms with Crippen molar-refractivity contribution in [1.29, 1.82) is 0 Å². The van der Waals surface area contributed by atoms with E-state index >= 15 is 0 Å². The van der Waals surface area contributed by atoms with Crippen molar-refractivity contribution in [3.63, 3.8) is 0 Å². The van der Waals surface area contributed by atoms with E-state index < -0.39 is 10.0 Å². The van der Waals surface area contributed by atoms with E-state index in [1.54, 1.807) is 6.07 Å². The smallest absolute Gasteiger partial charge is 0.240 e. The lowest BCUT2D eigenvalue weighted by Crippen LogP contribution is -2.26. The molecule has 2 heterocycles. The Morgan fingerprint density at radius 2 is 1.94 bits per heavy atom. The van der Waals surface area contributed by atoms with Crippen LogP contribution in [-0.4, -0.2) is 46.8 Å². The molecule has 0 aliphatic heterocycles. The highest BCUT2D eigenvalue weighted by Crippen LogP contribution is 2.24. The summed E-state index contributed by atoms with van der Waals surface area (Å²) in [6, 6.07) is 10.2. The first-order valence-electron chi connectivity index (χ1n) is 9.13. The van der Waals surface area contributed by atoms with Crippen LogP contribution >= 0.6 is 11.8 Å². The highest BCUT2D eigenvalue weighted by Gasteiger charge is 2.14. The van der Waals surface area contributed by atoms with Gasteiger partial charge in [-0.3, -0.25) is 4.79 Å². The number of nitrogens with one attached hydrogen (secondary N) is 3. The van der Waals surface area contributed by atoms with E-state index in [0.717, 1.165) is 0 Å². The van der Waals surface area contributed by atoms with E-state index in [4.69, 9.17) is 0 Å². The number of H-pyrrole nitrogens is 1. The third kappa shape index (κ3) is 4.81. The van der Waals surface area contributed by atoms with Crippen LogP contribution in [0.1, 0.15) is 6.92 Å². The van der Waals surface area contributed by atoms with Gasteiger partial charge in [-0.2, -0.15) is 0 Å². The van der Waals surface area contributed by atoms with Gasteiger partial charge in [-0.05, 0) is 42.5 Å². The summed E-state index contributed by atoms with van der Waals surface area (Å²) in [4.78, 5) is 18.6. The van der Waals surface area contributed by atoms with Crippen LogP contribution in [0.4, 0.5) is 10.1 Å². The number of hydrogen-bond donors (Lipinski definition) is 3. The van der Waals surface area contributed by atoms with Crippen molar-refractivity contribution in [3.05, 3.63) is 48.3 Å². The first-order chi connectivity index (χ1) is 14.8. The van der Waals surface area contributed by atoms with Gasteiger partial charge in [-0.25, -0.2) is 22.5 Å². The summed E-state index contributed by atoms with van der Waals surface area (Å²) in [5.74, 6) is -0.225. The number of sulfonamides is 1.